The third-order valence-electron chi connectivity index (χ3n) is 4.29. The highest BCUT2D eigenvalue weighted by atomic mass is 32.1. The molecule has 0 spiro atoms. The molecule has 0 unspecified atom stereocenters. The first kappa shape index (κ1) is 14.4. The molecule has 2 saturated heterocycles. The lowest BCUT2D eigenvalue weighted by molar-refractivity contribution is -0.133. The Balaban J connectivity index is 1.52. The van der Waals surface area contributed by atoms with Crippen molar-refractivity contribution in [1.82, 2.24) is 15.1 Å². The summed E-state index contributed by atoms with van der Waals surface area (Å²) in [6.07, 6.45) is 3.36. The molecule has 1 N–H and O–H groups in total. The van der Waals surface area contributed by atoms with Crippen molar-refractivity contribution in [3.05, 3.63) is 22.4 Å². The number of urea groups is 1. The molecule has 0 aliphatic carbocycles. The van der Waals surface area contributed by atoms with E-state index in [4.69, 9.17) is 0 Å². The average molecular weight is 307 g/mol. The van der Waals surface area contributed by atoms with Gasteiger partial charge in [0.1, 0.15) is 0 Å². The second kappa shape index (κ2) is 6.47. The van der Waals surface area contributed by atoms with Gasteiger partial charge in [-0.3, -0.25) is 4.79 Å². The number of piperidine rings is 1. The normalized spacial score (nSPS) is 22.5. The van der Waals surface area contributed by atoms with Gasteiger partial charge in [0, 0.05) is 32.6 Å². The second-order valence-electron chi connectivity index (χ2n) is 5.69. The van der Waals surface area contributed by atoms with Gasteiger partial charge in [0.2, 0.25) is 5.91 Å². The highest BCUT2D eigenvalue weighted by molar-refractivity contribution is 7.07. The number of amides is 3. The molecular weight excluding hydrogens is 286 g/mol. The van der Waals surface area contributed by atoms with Crippen molar-refractivity contribution < 1.29 is 9.59 Å². The monoisotopic (exact) mass is 307 g/mol. The van der Waals surface area contributed by atoms with Crippen LogP contribution in [0.2, 0.25) is 0 Å². The Hall–Kier alpha value is -1.56. The number of nitrogens with one attached hydrogen (secondary N) is 1. The Bertz CT molecular complexity index is 503. The van der Waals surface area contributed by atoms with Gasteiger partial charge in [-0.1, -0.05) is 0 Å². The molecule has 1 atom stereocenters. The Kier molecular flexibility index (Phi) is 4.43. The lowest BCUT2D eigenvalue weighted by Crippen LogP contribution is -2.50. The minimum Gasteiger partial charge on any atom is -0.341 e. The van der Waals surface area contributed by atoms with Crippen LogP contribution < -0.4 is 5.32 Å². The largest absolute Gasteiger partial charge is 0.341 e. The Morgan fingerprint density at radius 2 is 2.33 bits per heavy atom. The minimum absolute atomic E-state index is 0.0209. The molecule has 3 rings (SSSR count). The molecule has 114 valence electrons. The molecule has 21 heavy (non-hydrogen) atoms. The van der Waals surface area contributed by atoms with Crippen LogP contribution in [0.5, 0.6) is 0 Å². The molecule has 1 aromatic rings. The molecule has 3 amide bonds. The van der Waals surface area contributed by atoms with Gasteiger partial charge in [-0.15, -0.1) is 0 Å². The van der Waals surface area contributed by atoms with E-state index < -0.39 is 0 Å². The second-order valence-corrected chi connectivity index (χ2v) is 6.47. The maximum absolute atomic E-state index is 12.3. The zero-order chi connectivity index (χ0) is 14.7. The van der Waals surface area contributed by atoms with E-state index in [9.17, 15) is 9.59 Å². The molecule has 0 bridgehead atoms. The van der Waals surface area contributed by atoms with Crippen molar-refractivity contribution >= 4 is 23.3 Å². The number of rotatable bonds is 4. The summed E-state index contributed by atoms with van der Waals surface area (Å²) in [4.78, 5) is 27.9. The van der Waals surface area contributed by atoms with E-state index in [1.165, 1.54) is 5.56 Å². The third kappa shape index (κ3) is 3.37. The van der Waals surface area contributed by atoms with Crippen LogP contribution in [0.15, 0.2) is 16.8 Å². The minimum atomic E-state index is 0.0209. The van der Waals surface area contributed by atoms with Crippen molar-refractivity contribution in [2.45, 2.75) is 31.7 Å². The van der Waals surface area contributed by atoms with Gasteiger partial charge in [0.25, 0.3) is 0 Å². The quantitative estimate of drug-likeness (QED) is 0.920. The van der Waals surface area contributed by atoms with Gasteiger partial charge in [0.15, 0.2) is 0 Å². The van der Waals surface area contributed by atoms with Crippen molar-refractivity contribution in [2.75, 3.05) is 26.2 Å². The number of nitrogens with zero attached hydrogens (tertiary/aromatic N) is 2. The van der Waals surface area contributed by atoms with Crippen molar-refractivity contribution in [2.24, 2.45) is 0 Å². The fourth-order valence-corrected chi connectivity index (χ4v) is 3.82. The summed E-state index contributed by atoms with van der Waals surface area (Å²) in [5.41, 5.74) is 1.24. The molecule has 0 aromatic carbocycles. The zero-order valence-corrected chi connectivity index (χ0v) is 12.9. The van der Waals surface area contributed by atoms with Crippen LogP contribution in [0, 0.1) is 0 Å². The van der Waals surface area contributed by atoms with E-state index in [-0.39, 0.29) is 18.0 Å². The predicted octanol–water partition coefficient (Wildman–Crippen LogP) is 1.70. The Labute approximate surface area is 128 Å². The van der Waals surface area contributed by atoms with Crippen LogP contribution in [0.25, 0.3) is 0 Å². The molecule has 0 saturated carbocycles. The molecule has 3 heterocycles. The van der Waals surface area contributed by atoms with Crippen molar-refractivity contribution in [3.63, 3.8) is 0 Å². The van der Waals surface area contributed by atoms with Gasteiger partial charge in [0.05, 0.1) is 6.04 Å². The summed E-state index contributed by atoms with van der Waals surface area (Å²) < 4.78 is 0. The summed E-state index contributed by atoms with van der Waals surface area (Å²) in [6, 6.07) is 2.28. The predicted molar refractivity (Wildman–Crippen MR) is 82.3 cm³/mol. The summed E-state index contributed by atoms with van der Waals surface area (Å²) in [7, 11) is 0. The molecule has 1 aromatic heterocycles. The lowest BCUT2D eigenvalue weighted by atomic mass is 10.0. The van der Waals surface area contributed by atoms with Crippen molar-refractivity contribution in [3.8, 4) is 0 Å². The summed E-state index contributed by atoms with van der Waals surface area (Å²) >= 11 is 1.67. The van der Waals surface area contributed by atoms with E-state index in [1.54, 1.807) is 11.3 Å². The number of thiophene rings is 1. The first-order chi connectivity index (χ1) is 10.2. The molecular formula is C15H21N3O2S. The van der Waals surface area contributed by atoms with E-state index in [0.717, 1.165) is 38.9 Å². The number of carbonyl (C=O) groups is 2. The van der Waals surface area contributed by atoms with Crippen molar-refractivity contribution in [1.29, 1.82) is 0 Å². The van der Waals surface area contributed by atoms with Crippen LogP contribution in [0.1, 0.15) is 24.8 Å². The number of aryl methyl sites for hydroxylation is 1. The Morgan fingerprint density at radius 1 is 1.43 bits per heavy atom. The lowest BCUT2D eigenvalue weighted by Gasteiger charge is -2.37. The smallest absolute Gasteiger partial charge is 0.317 e. The topological polar surface area (TPSA) is 52.7 Å². The van der Waals surface area contributed by atoms with Gasteiger partial charge in [-0.2, -0.15) is 11.3 Å². The van der Waals surface area contributed by atoms with Gasteiger partial charge >= 0.3 is 6.03 Å². The number of carbonyl (C=O) groups excluding carboxylic acids is 2. The van der Waals surface area contributed by atoms with E-state index in [0.29, 0.717) is 13.0 Å². The fourth-order valence-electron chi connectivity index (χ4n) is 3.11. The molecule has 0 radical (unpaired) electrons. The molecule has 2 aliphatic rings. The number of hydrogen-bond acceptors (Lipinski definition) is 3. The average Bonchev–Trinajstić information content (AvgIpc) is 3.16. The molecule has 6 heteroatoms. The van der Waals surface area contributed by atoms with Gasteiger partial charge in [-0.05, 0) is 41.7 Å². The fraction of sp³-hybridized carbons (Fsp3) is 0.600. The van der Waals surface area contributed by atoms with Crippen LogP contribution in [-0.2, 0) is 11.2 Å². The number of hydrogen-bond donors (Lipinski definition) is 1. The maximum atomic E-state index is 12.3. The Morgan fingerprint density at radius 3 is 3.05 bits per heavy atom. The van der Waals surface area contributed by atoms with E-state index >= 15 is 0 Å². The van der Waals surface area contributed by atoms with E-state index in [2.05, 4.69) is 16.8 Å². The van der Waals surface area contributed by atoms with Crippen LogP contribution in [-0.4, -0.2) is 54.0 Å². The van der Waals surface area contributed by atoms with Gasteiger partial charge < -0.3 is 15.1 Å². The molecule has 2 aliphatic heterocycles. The summed E-state index contributed by atoms with van der Waals surface area (Å²) in [5, 5.41) is 6.98. The van der Waals surface area contributed by atoms with E-state index in [1.807, 2.05) is 15.2 Å². The zero-order valence-electron chi connectivity index (χ0n) is 12.1. The highest BCUT2D eigenvalue weighted by Crippen LogP contribution is 2.19. The standard InChI is InChI=1S/C15H21N3O2S/c19-14(4-3-12-5-9-21-11-12)17-7-1-2-13(10-17)18-8-6-16-15(18)20/h5,9,11,13H,1-4,6-8,10H2,(H,16,20)/t13-/m0/s1. The number of likely N-dealkylation sites (tertiary alicyclic amines) is 1. The van der Waals surface area contributed by atoms with Gasteiger partial charge in [-0.25, -0.2) is 4.79 Å². The summed E-state index contributed by atoms with van der Waals surface area (Å²) in [5.74, 6) is 0.213. The third-order valence-corrected chi connectivity index (χ3v) is 5.02. The first-order valence-electron chi connectivity index (χ1n) is 7.57. The SMILES string of the molecule is O=C(CCc1ccsc1)N1CCC[C@H](N2CCNC2=O)C1. The molecule has 2 fully saturated rings. The highest BCUT2D eigenvalue weighted by Gasteiger charge is 2.32. The van der Waals surface area contributed by atoms with Crippen LogP contribution in [0.4, 0.5) is 4.79 Å². The molecule has 5 nitrogen and oxygen atoms in total. The first-order valence-corrected chi connectivity index (χ1v) is 8.51. The van der Waals surface area contributed by atoms with Crippen LogP contribution >= 0.6 is 11.3 Å². The maximum Gasteiger partial charge on any atom is 0.317 e. The van der Waals surface area contributed by atoms with Crippen LogP contribution in [0.3, 0.4) is 0 Å². The summed E-state index contributed by atoms with van der Waals surface area (Å²) in [6.45, 7) is 3.01.